The molecule has 96 valence electrons. The molecule has 1 rings (SSSR count). The van der Waals surface area contributed by atoms with E-state index in [0.29, 0.717) is 6.42 Å². The molecule has 0 bridgehead atoms. The van der Waals surface area contributed by atoms with E-state index in [4.69, 9.17) is 0 Å². The monoisotopic (exact) mass is 255 g/mol. The molecule has 0 aromatic heterocycles. The Morgan fingerprint density at radius 2 is 1.94 bits per heavy atom. The number of benzene rings is 1. The van der Waals surface area contributed by atoms with Gasteiger partial charge in [-0.05, 0) is 30.9 Å². The zero-order valence-electron chi connectivity index (χ0n) is 10.8. The van der Waals surface area contributed by atoms with E-state index < -0.39 is 10.0 Å². The zero-order chi connectivity index (χ0) is 12.9. The number of unbranched alkanes of at least 4 members (excludes halogenated alkanes) is 1. The summed E-state index contributed by atoms with van der Waals surface area (Å²) in [7, 11) is -3.20. The smallest absolute Gasteiger partial charge is 0.232 e. The minimum Gasteiger partial charge on any atom is -0.283 e. The summed E-state index contributed by atoms with van der Waals surface area (Å²) in [6, 6.07) is 5.85. The van der Waals surface area contributed by atoms with E-state index in [0.717, 1.165) is 29.7 Å². The number of para-hydroxylation sites is 1. The standard InChI is InChI=1S/C13H21NO2S/c1-4-6-10-17(15,16)14-13-11(3)8-7-9-12(13)5-2/h7-9,14H,4-6,10H2,1-3H3. The number of hydrogen-bond donors (Lipinski definition) is 1. The molecule has 0 saturated carbocycles. The van der Waals surface area contributed by atoms with Gasteiger partial charge in [-0.3, -0.25) is 4.72 Å². The van der Waals surface area contributed by atoms with Crippen LogP contribution in [-0.4, -0.2) is 14.2 Å². The first-order valence-corrected chi connectivity index (χ1v) is 7.74. The van der Waals surface area contributed by atoms with Crippen molar-refractivity contribution in [1.29, 1.82) is 0 Å². The van der Waals surface area contributed by atoms with Gasteiger partial charge in [0.2, 0.25) is 10.0 Å². The minimum absolute atomic E-state index is 0.195. The summed E-state index contributed by atoms with van der Waals surface area (Å²) in [4.78, 5) is 0. The Labute approximate surface area is 104 Å². The van der Waals surface area contributed by atoms with E-state index in [-0.39, 0.29) is 5.75 Å². The van der Waals surface area contributed by atoms with E-state index in [1.807, 2.05) is 39.0 Å². The molecule has 0 saturated heterocycles. The second-order valence-electron chi connectivity index (χ2n) is 4.24. The van der Waals surface area contributed by atoms with Crippen molar-refractivity contribution in [2.75, 3.05) is 10.5 Å². The molecule has 0 fully saturated rings. The quantitative estimate of drug-likeness (QED) is 0.849. The summed E-state index contributed by atoms with van der Waals surface area (Å²) in [5.41, 5.74) is 2.78. The SMILES string of the molecule is CCCCS(=O)(=O)Nc1c(C)cccc1CC. The van der Waals surface area contributed by atoms with E-state index in [2.05, 4.69) is 4.72 Å². The number of hydrogen-bond acceptors (Lipinski definition) is 2. The fraction of sp³-hybridized carbons (Fsp3) is 0.538. The van der Waals surface area contributed by atoms with Crippen molar-refractivity contribution < 1.29 is 8.42 Å². The molecule has 1 aromatic carbocycles. The highest BCUT2D eigenvalue weighted by atomic mass is 32.2. The Morgan fingerprint density at radius 3 is 2.53 bits per heavy atom. The van der Waals surface area contributed by atoms with Crippen molar-refractivity contribution in [2.24, 2.45) is 0 Å². The maximum absolute atomic E-state index is 11.9. The normalized spacial score (nSPS) is 11.5. The lowest BCUT2D eigenvalue weighted by atomic mass is 10.1. The molecule has 4 heteroatoms. The molecule has 0 aliphatic rings. The lowest BCUT2D eigenvalue weighted by molar-refractivity contribution is 0.597. The van der Waals surface area contributed by atoms with Gasteiger partial charge in [0, 0.05) is 0 Å². The third-order valence-corrected chi connectivity index (χ3v) is 4.11. The predicted molar refractivity (Wildman–Crippen MR) is 72.9 cm³/mol. The van der Waals surface area contributed by atoms with E-state index in [1.165, 1.54) is 0 Å². The maximum atomic E-state index is 11.9. The first kappa shape index (κ1) is 14.0. The molecule has 1 N–H and O–H groups in total. The Balaban J connectivity index is 2.94. The van der Waals surface area contributed by atoms with Crippen LogP contribution in [0.15, 0.2) is 18.2 Å². The van der Waals surface area contributed by atoms with E-state index in [9.17, 15) is 8.42 Å². The van der Waals surface area contributed by atoms with Crippen LogP contribution in [0.5, 0.6) is 0 Å². The van der Waals surface area contributed by atoms with Crippen LogP contribution in [-0.2, 0) is 16.4 Å². The highest BCUT2D eigenvalue weighted by molar-refractivity contribution is 7.92. The van der Waals surface area contributed by atoms with Gasteiger partial charge in [0.05, 0.1) is 11.4 Å². The number of nitrogens with one attached hydrogen (secondary N) is 1. The number of rotatable bonds is 6. The van der Waals surface area contributed by atoms with Gasteiger partial charge in [0.25, 0.3) is 0 Å². The first-order valence-electron chi connectivity index (χ1n) is 6.09. The van der Waals surface area contributed by atoms with Gasteiger partial charge < -0.3 is 0 Å². The molecule has 0 aliphatic heterocycles. The molecule has 1 aromatic rings. The van der Waals surface area contributed by atoms with Crippen LogP contribution < -0.4 is 4.72 Å². The molecule has 0 heterocycles. The Bertz CT molecular complexity index is 466. The van der Waals surface area contributed by atoms with Gasteiger partial charge >= 0.3 is 0 Å². The van der Waals surface area contributed by atoms with E-state index >= 15 is 0 Å². The maximum Gasteiger partial charge on any atom is 0.232 e. The molecule has 0 radical (unpaired) electrons. The molecule has 0 atom stereocenters. The average molecular weight is 255 g/mol. The fourth-order valence-corrected chi connectivity index (χ4v) is 3.08. The lowest BCUT2D eigenvalue weighted by Crippen LogP contribution is -2.18. The first-order chi connectivity index (χ1) is 8.00. The molecule has 0 unspecified atom stereocenters. The third kappa shape index (κ3) is 4.04. The number of sulfonamides is 1. The molecular formula is C13H21NO2S. The molecule has 17 heavy (non-hydrogen) atoms. The highest BCUT2D eigenvalue weighted by Gasteiger charge is 2.13. The van der Waals surface area contributed by atoms with Crippen molar-refractivity contribution in [3.05, 3.63) is 29.3 Å². The minimum atomic E-state index is -3.20. The Kier molecular flexibility index (Phi) is 5.00. The summed E-state index contributed by atoms with van der Waals surface area (Å²) in [5, 5.41) is 0. The summed E-state index contributed by atoms with van der Waals surface area (Å²) < 4.78 is 26.4. The van der Waals surface area contributed by atoms with Crippen molar-refractivity contribution in [3.8, 4) is 0 Å². The predicted octanol–water partition coefficient (Wildman–Crippen LogP) is 3.10. The molecule has 3 nitrogen and oxygen atoms in total. The van der Waals surface area contributed by atoms with Gasteiger partial charge in [-0.2, -0.15) is 0 Å². The average Bonchev–Trinajstić information content (AvgIpc) is 2.29. The number of aryl methyl sites for hydroxylation is 2. The molecular weight excluding hydrogens is 234 g/mol. The second kappa shape index (κ2) is 6.05. The van der Waals surface area contributed by atoms with Crippen molar-refractivity contribution in [2.45, 2.75) is 40.0 Å². The van der Waals surface area contributed by atoms with Crippen molar-refractivity contribution in [1.82, 2.24) is 0 Å². The fourth-order valence-electron chi connectivity index (χ4n) is 1.71. The van der Waals surface area contributed by atoms with Crippen LogP contribution in [0.4, 0.5) is 5.69 Å². The Morgan fingerprint density at radius 1 is 1.24 bits per heavy atom. The lowest BCUT2D eigenvalue weighted by Gasteiger charge is -2.14. The summed E-state index contributed by atoms with van der Waals surface area (Å²) >= 11 is 0. The highest BCUT2D eigenvalue weighted by Crippen LogP contribution is 2.22. The number of anilines is 1. The van der Waals surface area contributed by atoms with E-state index in [1.54, 1.807) is 0 Å². The van der Waals surface area contributed by atoms with Gasteiger partial charge in [0.1, 0.15) is 0 Å². The zero-order valence-corrected chi connectivity index (χ0v) is 11.6. The molecule has 0 spiro atoms. The largest absolute Gasteiger partial charge is 0.283 e. The van der Waals surface area contributed by atoms with Gasteiger partial charge in [-0.25, -0.2) is 8.42 Å². The van der Waals surface area contributed by atoms with Crippen LogP contribution in [0.2, 0.25) is 0 Å². The summed E-state index contributed by atoms with van der Waals surface area (Å²) in [6.07, 6.45) is 2.41. The van der Waals surface area contributed by atoms with Gasteiger partial charge in [-0.15, -0.1) is 0 Å². The van der Waals surface area contributed by atoms with Crippen LogP contribution in [0, 0.1) is 6.92 Å². The topological polar surface area (TPSA) is 46.2 Å². The molecule has 0 aliphatic carbocycles. The van der Waals surface area contributed by atoms with Crippen LogP contribution in [0.1, 0.15) is 37.8 Å². The van der Waals surface area contributed by atoms with Crippen molar-refractivity contribution >= 4 is 15.7 Å². The van der Waals surface area contributed by atoms with Crippen LogP contribution in [0.3, 0.4) is 0 Å². The van der Waals surface area contributed by atoms with Crippen molar-refractivity contribution in [3.63, 3.8) is 0 Å². The van der Waals surface area contributed by atoms with Gasteiger partial charge in [-0.1, -0.05) is 38.5 Å². The van der Waals surface area contributed by atoms with Crippen LogP contribution >= 0.6 is 0 Å². The summed E-state index contributed by atoms with van der Waals surface area (Å²) in [5.74, 6) is 0.195. The van der Waals surface area contributed by atoms with Gasteiger partial charge in [0.15, 0.2) is 0 Å². The third-order valence-electron chi connectivity index (χ3n) is 2.76. The Hall–Kier alpha value is -1.03. The summed E-state index contributed by atoms with van der Waals surface area (Å²) in [6.45, 7) is 5.94. The molecule has 0 amide bonds. The second-order valence-corrected chi connectivity index (χ2v) is 6.08. The van der Waals surface area contributed by atoms with Crippen LogP contribution in [0.25, 0.3) is 0 Å².